The number of phenolic OH excluding ortho intramolecular Hbond substituents is 1. The Bertz CT molecular complexity index is 1820. The first-order valence-corrected chi connectivity index (χ1v) is 17.0. The van der Waals surface area contributed by atoms with Crippen molar-refractivity contribution < 1.29 is 29.0 Å². The number of Topliss-reactive ketones (excluding diaryl/α,β-unsaturated/α-hetero) is 1. The number of nitrogens with two attached hydrogens (primary N) is 1. The van der Waals surface area contributed by atoms with E-state index < -0.39 is 11.9 Å². The Kier molecular flexibility index (Phi) is 9.70. The molecule has 1 atom stereocenters. The lowest BCUT2D eigenvalue weighted by molar-refractivity contribution is -0.136. The molecule has 1 aliphatic carbocycles. The van der Waals surface area contributed by atoms with Gasteiger partial charge in [-0.3, -0.25) is 24.1 Å². The molecule has 1 fully saturated rings. The molecule has 3 aromatic rings. The van der Waals surface area contributed by atoms with Crippen LogP contribution in [0.4, 0.5) is 11.4 Å². The van der Waals surface area contributed by atoms with Gasteiger partial charge in [0, 0.05) is 54.6 Å². The van der Waals surface area contributed by atoms with E-state index in [-0.39, 0.29) is 53.9 Å². The van der Waals surface area contributed by atoms with Gasteiger partial charge in [-0.25, -0.2) is 0 Å². The maximum absolute atomic E-state index is 14.5. The number of likely N-dealkylation sites (tertiary alicyclic amines) is 1. The Labute approximate surface area is 290 Å². The third kappa shape index (κ3) is 7.29. The van der Waals surface area contributed by atoms with Crippen LogP contribution in [0.15, 0.2) is 78.0 Å². The van der Waals surface area contributed by atoms with Crippen molar-refractivity contribution in [2.75, 3.05) is 23.3 Å². The van der Waals surface area contributed by atoms with E-state index in [1.54, 1.807) is 35.2 Å². The fraction of sp³-hybridized carbons (Fsp3) is 0.368. The van der Waals surface area contributed by atoms with Crippen molar-refractivity contribution in [2.24, 2.45) is 17.1 Å². The van der Waals surface area contributed by atoms with Crippen LogP contribution >= 0.6 is 11.6 Å². The number of benzene rings is 3. The summed E-state index contributed by atoms with van der Waals surface area (Å²) in [7, 11) is 0. The number of anilines is 2. The molecule has 1 saturated heterocycles. The summed E-state index contributed by atoms with van der Waals surface area (Å²) in [5, 5.41) is 14.7. The molecule has 0 saturated carbocycles. The Hall–Kier alpha value is -4.83. The van der Waals surface area contributed by atoms with Gasteiger partial charge in [0.2, 0.25) is 17.7 Å². The van der Waals surface area contributed by atoms with Gasteiger partial charge < -0.3 is 25.8 Å². The van der Waals surface area contributed by atoms with Crippen LogP contribution in [0.2, 0.25) is 5.02 Å². The lowest BCUT2D eigenvalue weighted by Crippen LogP contribution is -2.43. The maximum atomic E-state index is 14.5. The minimum absolute atomic E-state index is 0.0717. The predicted molar refractivity (Wildman–Crippen MR) is 187 cm³/mol. The van der Waals surface area contributed by atoms with Crippen LogP contribution in [0.1, 0.15) is 69.5 Å². The summed E-state index contributed by atoms with van der Waals surface area (Å²) in [6, 6.07) is 18.9. The van der Waals surface area contributed by atoms with E-state index in [1.165, 1.54) is 11.0 Å². The fourth-order valence-electron chi connectivity index (χ4n) is 7.08. The van der Waals surface area contributed by atoms with Crippen LogP contribution in [0.3, 0.4) is 0 Å². The van der Waals surface area contributed by atoms with Gasteiger partial charge in [0.25, 0.3) is 0 Å². The molecule has 6 rings (SSSR count). The van der Waals surface area contributed by atoms with Crippen molar-refractivity contribution in [3.05, 3.63) is 94.1 Å². The topological polar surface area (TPSA) is 142 Å². The third-order valence-electron chi connectivity index (χ3n) is 9.59. The maximum Gasteiger partial charge on any atom is 0.228 e. The standard InChI is InChI=1S/C38H41ClN4O6/c1-38(2)20-28-34(31(45)21-38)36(26-12-11-25(19-27(26)39)49-22-23-7-4-3-5-8-23)43(29-9-6-10-30(44)35(29)41-28)33(47)14-13-32(46)42-17-15-24(16-18-42)37(40)48/h3-12,19,24,36,41,44H,13-18,20-22H2,1-2H3,(H2,40,48). The highest BCUT2D eigenvalue weighted by atomic mass is 35.5. The van der Waals surface area contributed by atoms with Crippen molar-refractivity contribution in [2.45, 2.75) is 65.0 Å². The number of allylic oxidation sites excluding steroid dienone is 1. The SMILES string of the molecule is CC1(C)CC(=O)C2=C(C1)Nc1c(O)cccc1N(C(=O)CCC(=O)N1CCC(C(N)=O)CC1)C2c1ccc(OCc2ccccc2)cc1Cl. The highest BCUT2D eigenvalue weighted by Crippen LogP contribution is 2.51. The molecule has 3 aromatic carbocycles. The molecule has 11 heteroatoms. The van der Waals surface area contributed by atoms with Crippen molar-refractivity contribution in [3.8, 4) is 11.5 Å². The zero-order valence-electron chi connectivity index (χ0n) is 27.7. The summed E-state index contributed by atoms with van der Waals surface area (Å²) < 4.78 is 6.03. The minimum atomic E-state index is -0.946. The lowest BCUT2D eigenvalue weighted by atomic mass is 9.73. The number of para-hydroxylation sites is 1. The second-order valence-electron chi connectivity index (χ2n) is 13.8. The van der Waals surface area contributed by atoms with E-state index >= 15 is 0 Å². The molecule has 256 valence electrons. The monoisotopic (exact) mass is 684 g/mol. The number of primary amides is 1. The highest BCUT2D eigenvalue weighted by Gasteiger charge is 2.44. The van der Waals surface area contributed by atoms with Crippen LogP contribution in [0.5, 0.6) is 11.5 Å². The molecular weight excluding hydrogens is 644 g/mol. The first-order valence-electron chi connectivity index (χ1n) is 16.6. The molecule has 2 heterocycles. The summed E-state index contributed by atoms with van der Waals surface area (Å²) in [5.74, 6) is -0.938. The van der Waals surface area contributed by atoms with Gasteiger partial charge >= 0.3 is 0 Å². The number of hydrogen-bond acceptors (Lipinski definition) is 7. The number of amides is 3. The Morgan fingerprint density at radius 2 is 1.69 bits per heavy atom. The largest absolute Gasteiger partial charge is 0.506 e. The molecule has 0 radical (unpaired) electrons. The molecule has 10 nitrogen and oxygen atoms in total. The number of hydrogen-bond donors (Lipinski definition) is 3. The molecule has 1 unspecified atom stereocenters. The number of aromatic hydroxyl groups is 1. The van der Waals surface area contributed by atoms with Gasteiger partial charge in [-0.1, -0.05) is 67.9 Å². The normalized spacial score (nSPS) is 19.0. The van der Waals surface area contributed by atoms with Crippen LogP contribution in [0.25, 0.3) is 0 Å². The first-order chi connectivity index (χ1) is 23.4. The number of ketones is 1. The van der Waals surface area contributed by atoms with E-state index in [1.807, 2.05) is 44.2 Å². The second kappa shape index (κ2) is 14.0. The van der Waals surface area contributed by atoms with E-state index in [2.05, 4.69) is 5.32 Å². The van der Waals surface area contributed by atoms with Gasteiger partial charge in [-0.15, -0.1) is 0 Å². The minimum Gasteiger partial charge on any atom is -0.506 e. The van der Waals surface area contributed by atoms with Gasteiger partial charge in [0.1, 0.15) is 23.8 Å². The van der Waals surface area contributed by atoms with Crippen LogP contribution in [-0.2, 0) is 25.8 Å². The van der Waals surface area contributed by atoms with Crippen LogP contribution in [-0.4, -0.2) is 46.6 Å². The highest BCUT2D eigenvalue weighted by molar-refractivity contribution is 6.31. The van der Waals surface area contributed by atoms with Gasteiger partial charge in [0.15, 0.2) is 5.78 Å². The number of phenols is 1. The Balaban J connectivity index is 1.37. The molecule has 0 spiro atoms. The third-order valence-corrected chi connectivity index (χ3v) is 9.92. The van der Waals surface area contributed by atoms with Crippen molar-refractivity contribution in [1.29, 1.82) is 0 Å². The predicted octanol–water partition coefficient (Wildman–Crippen LogP) is 6.27. The number of halogens is 1. The summed E-state index contributed by atoms with van der Waals surface area (Å²) in [5.41, 5.74) is 8.26. The van der Waals surface area contributed by atoms with Crippen molar-refractivity contribution in [1.82, 2.24) is 4.90 Å². The molecule has 2 aliphatic heterocycles. The second-order valence-corrected chi connectivity index (χ2v) is 14.2. The lowest BCUT2D eigenvalue weighted by Gasteiger charge is -2.37. The molecule has 3 amide bonds. The Morgan fingerprint density at radius 1 is 0.980 bits per heavy atom. The molecule has 49 heavy (non-hydrogen) atoms. The zero-order chi connectivity index (χ0) is 34.9. The van der Waals surface area contributed by atoms with E-state index in [9.17, 15) is 24.3 Å². The van der Waals surface area contributed by atoms with Gasteiger partial charge in [0.05, 0.1) is 11.7 Å². The molecule has 3 aliphatic rings. The summed E-state index contributed by atoms with van der Waals surface area (Å²) in [6.45, 7) is 5.13. The average Bonchev–Trinajstić information content (AvgIpc) is 3.21. The smallest absolute Gasteiger partial charge is 0.228 e. The molecule has 0 aromatic heterocycles. The molecule has 4 N–H and O–H groups in total. The number of carbonyl (C=O) groups is 4. The zero-order valence-corrected chi connectivity index (χ0v) is 28.5. The number of ether oxygens (including phenoxy) is 1. The number of fused-ring (bicyclic) bond motifs is 1. The number of rotatable bonds is 8. The van der Waals surface area contributed by atoms with Gasteiger partial charge in [-0.05, 0) is 60.1 Å². The average molecular weight is 685 g/mol. The van der Waals surface area contributed by atoms with E-state index in [4.69, 9.17) is 22.1 Å². The van der Waals surface area contributed by atoms with Crippen molar-refractivity contribution >= 4 is 46.5 Å². The number of nitrogens with zero attached hydrogens (tertiary/aromatic N) is 2. The number of carbonyl (C=O) groups excluding carboxylic acids is 4. The molecule has 0 bridgehead atoms. The van der Waals surface area contributed by atoms with Crippen LogP contribution < -0.4 is 20.7 Å². The van der Waals surface area contributed by atoms with Gasteiger partial charge in [-0.2, -0.15) is 0 Å². The summed E-state index contributed by atoms with van der Waals surface area (Å²) in [4.78, 5) is 56.6. The quantitative estimate of drug-likeness (QED) is 0.237. The summed E-state index contributed by atoms with van der Waals surface area (Å²) in [6.07, 6.45) is 1.50. The van der Waals surface area contributed by atoms with E-state index in [0.717, 1.165) is 5.56 Å². The van der Waals surface area contributed by atoms with Crippen LogP contribution in [0, 0.1) is 11.3 Å². The van der Waals surface area contributed by atoms with E-state index in [0.29, 0.717) is 77.9 Å². The Morgan fingerprint density at radius 3 is 2.39 bits per heavy atom. The first kappa shape index (κ1) is 34.0. The fourth-order valence-corrected chi connectivity index (χ4v) is 7.35. The summed E-state index contributed by atoms with van der Waals surface area (Å²) >= 11 is 7.01. The van der Waals surface area contributed by atoms with Crippen molar-refractivity contribution in [3.63, 3.8) is 0 Å². The number of nitrogens with one attached hydrogen (secondary N) is 1. The molecular formula is C38H41ClN4O6. The number of piperidine rings is 1.